The molecule has 12 heavy (non-hydrogen) atoms. The fraction of sp³-hybridized carbons (Fsp3) is 1.00. The minimum Gasteiger partial charge on any atom is -0.394 e. The third-order valence-corrected chi connectivity index (χ3v) is 1.84. The van der Waals surface area contributed by atoms with E-state index >= 15 is 0 Å². The highest BCUT2D eigenvalue weighted by molar-refractivity contribution is 4.89. The molecule has 72 valence electrons. The van der Waals surface area contributed by atoms with Gasteiger partial charge in [0.05, 0.1) is 6.61 Å². The van der Waals surface area contributed by atoms with Crippen molar-refractivity contribution in [2.24, 2.45) is 0 Å². The van der Waals surface area contributed by atoms with Gasteiger partial charge in [-0.15, -0.1) is 0 Å². The summed E-state index contributed by atoms with van der Waals surface area (Å²) in [4.78, 5) is 0. The van der Waals surface area contributed by atoms with Gasteiger partial charge in [0.15, 0.2) is 6.29 Å². The van der Waals surface area contributed by atoms with Crippen LogP contribution < -0.4 is 0 Å². The Kier molecular flexibility index (Phi) is 2.99. The van der Waals surface area contributed by atoms with Gasteiger partial charge in [0.1, 0.15) is 24.4 Å². The smallest absolute Gasteiger partial charge is 0.394 e. The highest BCUT2D eigenvalue weighted by Crippen LogP contribution is 2.21. The number of hydrogen-bond donors (Lipinski definition) is 5. The average Bonchev–Trinajstić information content (AvgIpc) is 2.32. The van der Waals surface area contributed by atoms with Crippen molar-refractivity contribution in [2.75, 3.05) is 6.61 Å². The Labute approximate surface area is 70.1 Å². The molecule has 0 saturated carbocycles. The molecular formula is C6H13O6+. The van der Waals surface area contributed by atoms with Gasteiger partial charge < -0.3 is 30.3 Å². The van der Waals surface area contributed by atoms with Crippen LogP contribution in [0.15, 0.2) is 0 Å². The van der Waals surface area contributed by atoms with Crippen LogP contribution in [0.1, 0.15) is 1.43 Å². The molecule has 5 N–H and O–H groups in total. The second kappa shape index (κ2) is 3.65. The summed E-state index contributed by atoms with van der Waals surface area (Å²) in [6.07, 6.45) is -6.75. The predicted octanol–water partition coefficient (Wildman–Crippen LogP) is -3.11. The lowest BCUT2D eigenvalue weighted by atomic mass is 10.1. The van der Waals surface area contributed by atoms with E-state index in [1.54, 1.807) is 0 Å². The third-order valence-electron chi connectivity index (χ3n) is 1.84. The standard InChI is InChI=1S/C6H12O6/c7-1-2(8)5-3(9)4(10)6(11)12-5/h2-11H,1H2/p+1/t2-,3+,4-,5-,6-/m1/s1. The van der Waals surface area contributed by atoms with E-state index < -0.39 is 37.3 Å². The van der Waals surface area contributed by atoms with Gasteiger partial charge in [-0.2, -0.15) is 0 Å². The summed E-state index contributed by atoms with van der Waals surface area (Å²) in [5, 5.41) is 44.4. The Balaban J connectivity index is 0.00000144. The van der Waals surface area contributed by atoms with Crippen molar-refractivity contribution >= 4 is 0 Å². The molecule has 0 aromatic heterocycles. The van der Waals surface area contributed by atoms with Gasteiger partial charge in [-0.25, -0.2) is 0 Å². The Bertz CT molecular complexity index is 156. The fourth-order valence-corrected chi connectivity index (χ4v) is 1.11. The van der Waals surface area contributed by atoms with E-state index in [1.165, 1.54) is 0 Å². The van der Waals surface area contributed by atoms with E-state index in [-0.39, 0.29) is 1.43 Å². The molecule has 6 heteroatoms. The lowest BCUT2D eigenvalue weighted by Crippen LogP contribution is -2.40. The topological polar surface area (TPSA) is 110 Å². The Morgan fingerprint density at radius 1 is 1.25 bits per heavy atom. The summed E-state index contributed by atoms with van der Waals surface area (Å²) >= 11 is 0. The molecule has 1 saturated heterocycles. The van der Waals surface area contributed by atoms with Crippen LogP contribution in [-0.2, 0) is 4.74 Å². The molecule has 6 nitrogen and oxygen atoms in total. The highest BCUT2D eigenvalue weighted by Gasteiger charge is 2.44. The first kappa shape index (κ1) is 9.85. The Morgan fingerprint density at radius 2 is 1.83 bits per heavy atom. The van der Waals surface area contributed by atoms with E-state index in [0.29, 0.717) is 0 Å². The van der Waals surface area contributed by atoms with Crippen LogP contribution >= 0.6 is 0 Å². The maximum Gasteiger partial charge on any atom is 1.00 e. The zero-order valence-electron chi connectivity index (χ0n) is 7.24. The summed E-state index contributed by atoms with van der Waals surface area (Å²) in [6, 6.07) is 0. The fourth-order valence-electron chi connectivity index (χ4n) is 1.11. The van der Waals surface area contributed by atoms with Crippen molar-refractivity contribution in [3.05, 3.63) is 0 Å². The van der Waals surface area contributed by atoms with Gasteiger partial charge in [-0.1, -0.05) is 0 Å². The second-order valence-electron chi connectivity index (χ2n) is 2.72. The van der Waals surface area contributed by atoms with Gasteiger partial charge in [0.25, 0.3) is 0 Å². The van der Waals surface area contributed by atoms with Gasteiger partial charge in [-0.3, -0.25) is 0 Å². The largest absolute Gasteiger partial charge is 1.00 e. The molecule has 0 unspecified atom stereocenters. The number of ether oxygens (including phenoxy) is 1. The van der Waals surface area contributed by atoms with Crippen LogP contribution in [0.5, 0.6) is 0 Å². The van der Waals surface area contributed by atoms with Crippen molar-refractivity contribution in [3.8, 4) is 0 Å². The first-order chi connectivity index (χ1) is 5.57. The summed E-state index contributed by atoms with van der Waals surface area (Å²) in [7, 11) is 0. The molecule has 0 spiro atoms. The van der Waals surface area contributed by atoms with E-state index in [2.05, 4.69) is 4.74 Å². The van der Waals surface area contributed by atoms with E-state index in [0.717, 1.165) is 0 Å². The number of aliphatic hydroxyl groups is 5. The van der Waals surface area contributed by atoms with E-state index in [4.69, 9.17) is 25.5 Å². The van der Waals surface area contributed by atoms with Crippen molar-refractivity contribution in [2.45, 2.75) is 30.7 Å². The predicted molar refractivity (Wildman–Crippen MR) is 37.1 cm³/mol. The van der Waals surface area contributed by atoms with Crippen LogP contribution in [0.4, 0.5) is 0 Å². The van der Waals surface area contributed by atoms with Gasteiger partial charge >= 0.3 is 1.43 Å². The van der Waals surface area contributed by atoms with Crippen molar-refractivity contribution in [3.63, 3.8) is 0 Å². The molecule has 0 aromatic rings. The SMILES string of the molecule is OC[C@@H](O)[C@H]1O[C@@H](O)[C@H](O)[C@@H]1O.[H+]. The zero-order chi connectivity index (χ0) is 9.30. The molecule has 1 aliphatic heterocycles. The molecule has 5 atom stereocenters. The van der Waals surface area contributed by atoms with Gasteiger partial charge in [0, 0.05) is 0 Å². The second-order valence-corrected chi connectivity index (χ2v) is 2.72. The Morgan fingerprint density at radius 3 is 2.17 bits per heavy atom. The van der Waals surface area contributed by atoms with Crippen LogP contribution in [0.3, 0.4) is 0 Å². The molecule has 0 aromatic carbocycles. The maximum absolute atomic E-state index is 9.12. The molecule has 1 heterocycles. The molecule has 1 fully saturated rings. The van der Waals surface area contributed by atoms with E-state index in [1.807, 2.05) is 0 Å². The van der Waals surface area contributed by atoms with Crippen LogP contribution in [0, 0.1) is 0 Å². The average molecular weight is 181 g/mol. The Hall–Kier alpha value is -0.240. The molecule has 0 bridgehead atoms. The summed E-state index contributed by atoms with van der Waals surface area (Å²) < 4.78 is 4.58. The van der Waals surface area contributed by atoms with Crippen LogP contribution in [-0.4, -0.2) is 62.8 Å². The maximum atomic E-state index is 9.12. The van der Waals surface area contributed by atoms with Crippen molar-refractivity contribution in [1.82, 2.24) is 0 Å². The summed E-state index contributed by atoms with van der Waals surface area (Å²) in [5.41, 5.74) is 0. The van der Waals surface area contributed by atoms with Crippen molar-refractivity contribution < 1.29 is 31.7 Å². The highest BCUT2D eigenvalue weighted by atomic mass is 16.6. The van der Waals surface area contributed by atoms with Crippen LogP contribution in [0.2, 0.25) is 0 Å². The lowest BCUT2D eigenvalue weighted by Gasteiger charge is -2.18. The quantitative estimate of drug-likeness (QED) is 0.308. The minimum atomic E-state index is -1.51. The summed E-state index contributed by atoms with van der Waals surface area (Å²) in [6.45, 7) is -0.596. The molecule has 0 radical (unpaired) electrons. The number of aliphatic hydroxyl groups excluding tert-OH is 5. The third kappa shape index (κ3) is 1.58. The lowest BCUT2D eigenvalue weighted by molar-refractivity contribution is -0.150. The van der Waals surface area contributed by atoms with Crippen molar-refractivity contribution in [1.29, 1.82) is 0 Å². The van der Waals surface area contributed by atoms with Crippen LogP contribution in [0.25, 0.3) is 0 Å². The first-order valence-corrected chi connectivity index (χ1v) is 3.56. The molecule has 1 rings (SSSR count). The normalized spacial score (nSPS) is 44.8. The van der Waals surface area contributed by atoms with Gasteiger partial charge in [0.2, 0.25) is 0 Å². The molecule has 0 amide bonds. The molecule has 1 aliphatic rings. The monoisotopic (exact) mass is 181 g/mol. The zero-order valence-corrected chi connectivity index (χ0v) is 6.24. The number of rotatable bonds is 2. The number of hydrogen-bond acceptors (Lipinski definition) is 6. The molecular weight excluding hydrogens is 168 g/mol. The minimum absolute atomic E-state index is 0. The van der Waals surface area contributed by atoms with Gasteiger partial charge in [-0.05, 0) is 0 Å². The first-order valence-electron chi connectivity index (χ1n) is 3.56. The van der Waals surface area contributed by atoms with E-state index in [9.17, 15) is 0 Å². The summed E-state index contributed by atoms with van der Waals surface area (Å²) in [5.74, 6) is 0. The molecule has 0 aliphatic carbocycles.